The van der Waals surface area contributed by atoms with Crippen LogP contribution in [-0.4, -0.2) is 61.4 Å². The highest BCUT2D eigenvalue weighted by molar-refractivity contribution is 5.98. The second-order valence-corrected chi connectivity index (χ2v) is 7.19. The Morgan fingerprint density at radius 2 is 2.17 bits per heavy atom. The molecule has 4 rings (SSSR count). The number of hydrogen-bond donors (Lipinski definition) is 3. The number of ether oxygens (including phenoxy) is 3. The maximum Gasteiger partial charge on any atom is 0.325 e. The second kappa shape index (κ2) is 8.16. The van der Waals surface area contributed by atoms with Crippen LogP contribution in [0.4, 0.5) is 4.79 Å². The maximum atomic E-state index is 12.6. The zero-order valence-corrected chi connectivity index (χ0v) is 16.1. The van der Waals surface area contributed by atoms with E-state index in [2.05, 4.69) is 16.0 Å². The summed E-state index contributed by atoms with van der Waals surface area (Å²) in [7, 11) is 0. The summed E-state index contributed by atoms with van der Waals surface area (Å²) in [5, 5.41) is 8.66. The van der Waals surface area contributed by atoms with E-state index >= 15 is 0 Å². The van der Waals surface area contributed by atoms with Gasteiger partial charge in [-0.1, -0.05) is 0 Å². The first-order valence-electron chi connectivity index (χ1n) is 9.72. The minimum atomic E-state index is -0.756. The number of benzene rings is 1. The number of carbonyl (C=O) groups is 3. The molecule has 0 spiro atoms. The van der Waals surface area contributed by atoms with Crippen LogP contribution < -0.4 is 30.2 Å². The Labute approximate surface area is 167 Å². The van der Waals surface area contributed by atoms with Crippen LogP contribution in [0.15, 0.2) is 18.2 Å². The first-order valence-corrected chi connectivity index (χ1v) is 9.72. The Kier molecular flexibility index (Phi) is 5.43. The third-order valence-corrected chi connectivity index (χ3v) is 5.23. The van der Waals surface area contributed by atoms with E-state index in [1.807, 2.05) is 0 Å². The number of urea groups is 1. The molecule has 3 unspecified atom stereocenters. The minimum absolute atomic E-state index is 0.108. The lowest BCUT2D eigenvalue weighted by molar-refractivity contribution is -0.137. The smallest absolute Gasteiger partial charge is 0.325 e. The zero-order valence-electron chi connectivity index (χ0n) is 16.1. The lowest BCUT2D eigenvalue weighted by Gasteiger charge is -2.40. The second-order valence-electron chi connectivity index (χ2n) is 7.19. The first kappa shape index (κ1) is 19.3. The molecule has 1 aromatic carbocycles. The van der Waals surface area contributed by atoms with Gasteiger partial charge in [-0.25, -0.2) is 4.79 Å². The number of nitrogens with zero attached hydrogens (tertiary/aromatic N) is 1. The van der Waals surface area contributed by atoms with Crippen LogP contribution in [0.25, 0.3) is 0 Å². The van der Waals surface area contributed by atoms with Crippen LogP contribution in [0.3, 0.4) is 0 Å². The molecule has 3 N–H and O–H groups in total. The maximum absolute atomic E-state index is 12.6. The fourth-order valence-electron chi connectivity index (χ4n) is 3.67. The van der Waals surface area contributed by atoms with Crippen molar-refractivity contribution >= 4 is 17.8 Å². The molecule has 4 amide bonds. The Hall–Kier alpha value is -3.01. The number of amides is 4. The number of piperidine rings is 1. The molecular weight excluding hydrogens is 380 g/mol. The largest absolute Gasteiger partial charge is 0.481 e. The molecule has 10 heteroatoms. The molecule has 3 aliphatic heterocycles. The third-order valence-electron chi connectivity index (χ3n) is 5.23. The normalized spacial score (nSPS) is 23.8. The van der Waals surface area contributed by atoms with Crippen LogP contribution in [0, 0.1) is 5.92 Å². The SMILES string of the molecule is CC(Oc1ccc2c(c1)OCO2)C(=O)NCCN1C(=O)NC2NCCCC2C1=O. The van der Waals surface area contributed by atoms with Gasteiger partial charge in [0, 0.05) is 19.2 Å². The average Bonchev–Trinajstić information content (AvgIpc) is 3.18. The van der Waals surface area contributed by atoms with Gasteiger partial charge in [-0.05, 0) is 38.4 Å². The molecule has 156 valence electrons. The first-order chi connectivity index (χ1) is 14.0. The van der Waals surface area contributed by atoms with E-state index in [-0.39, 0.29) is 43.8 Å². The molecule has 2 fully saturated rings. The highest BCUT2D eigenvalue weighted by Crippen LogP contribution is 2.35. The molecule has 3 atom stereocenters. The summed E-state index contributed by atoms with van der Waals surface area (Å²) in [6.07, 6.45) is 0.570. The van der Waals surface area contributed by atoms with Crippen LogP contribution >= 0.6 is 0 Å². The number of nitrogens with one attached hydrogen (secondary N) is 3. The molecule has 10 nitrogen and oxygen atoms in total. The van der Waals surface area contributed by atoms with Crippen molar-refractivity contribution in [2.24, 2.45) is 5.92 Å². The van der Waals surface area contributed by atoms with E-state index in [1.165, 1.54) is 0 Å². The lowest BCUT2D eigenvalue weighted by Crippen LogP contribution is -2.66. The molecule has 3 heterocycles. The molecule has 0 aromatic heterocycles. The van der Waals surface area contributed by atoms with Gasteiger partial charge in [-0.15, -0.1) is 0 Å². The van der Waals surface area contributed by atoms with Gasteiger partial charge in [-0.2, -0.15) is 0 Å². The molecule has 1 aromatic rings. The highest BCUT2D eigenvalue weighted by Gasteiger charge is 2.41. The van der Waals surface area contributed by atoms with Crippen molar-refractivity contribution in [3.05, 3.63) is 18.2 Å². The Bertz CT molecular complexity index is 816. The summed E-state index contributed by atoms with van der Waals surface area (Å²) in [6.45, 7) is 2.83. The topological polar surface area (TPSA) is 118 Å². The van der Waals surface area contributed by atoms with Crippen LogP contribution in [0.2, 0.25) is 0 Å². The number of imide groups is 1. The van der Waals surface area contributed by atoms with Gasteiger partial charge in [0.2, 0.25) is 12.7 Å². The molecule has 2 saturated heterocycles. The summed E-state index contributed by atoms with van der Waals surface area (Å²) >= 11 is 0. The Balaban J connectivity index is 1.26. The Morgan fingerprint density at radius 1 is 1.34 bits per heavy atom. The van der Waals surface area contributed by atoms with E-state index in [1.54, 1.807) is 25.1 Å². The molecule has 3 aliphatic rings. The molecular formula is C19H24N4O6. The number of carbonyl (C=O) groups excluding carboxylic acids is 3. The van der Waals surface area contributed by atoms with Crippen LogP contribution in [-0.2, 0) is 9.59 Å². The van der Waals surface area contributed by atoms with Gasteiger partial charge in [0.05, 0.1) is 12.1 Å². The van der Waals surface area contributed by atoms with Crippen molar-refractivity contribution in [1.29, 1.82) is 0 Å². The number of rotatable bonds is 6. The predicted octanol–water partition coefficient (Wildman–Crippen LogP) is 0.176. The van der Waals surface area contributed by atoms with Gasteiger partial charge in [0.25, 0.3) is 5.91 Å². The quantitative estimate of drug-likeness (QED) is 0.619. The standard InChI is InChI=1S/C19H24N4O6/c1-11(29-12-4-5-14-15(9-12)28-10-27-14)17(24)21-7-8-23-18(25)13-3-2-6-20-16(13)22-19(23)26/h4-5,9,11,13,16,20H,2-3,6-8,10H2,1H3,(H,21,24)(H,22,26). The van der Waals surface area contributed by atoms with Crippen LogP contribution in [0.1, 0.15) is 19.8 Å². The monoisotopic (exact) mass is 404 g/mol. The summed E-state index contributed by atoms with van der Waals surface area (Å²) in [5.74, 6) is 0.882. The Morgan fingerprint density at radius 3 is 3.03 bits per heavy atom. The molecule has 0 radical (unpaired) electrons. The van der Waals surface area contributed by atoms with Crippen LogP contribution in [0.5, 0.6) is 17.2 Å². The van der Waals surface area contributed by atoms with Gasteiger partial charge < -0.3 is 24.8 Å². The van der Waals surface area contributed by atoms with E-state index in [9.17, 15) is 14.4 Å². The van der Waals surface area contributed by atoms with E-state index in [4.69, 9.17) is 14.2 Å². The van der Waals surface area contributed by atoms with Crippen molar-refractivity contribution in [3.63, 3.8) is 0 Å². The van der Waals surface area contributed by atoms with Crippen molar-refractivity contribution in [1.82, 2.24) is 20.9 Å². The highest BCUT2D eigenvalue weighted by atomic mass is 16.7. The fourth-order valence-corrected chi connectivity index (χ4v) is 3.67. The van der Waals surface area contributed by atoms with Gasteiger partial charge in [0.1, 0.15) is 5.75 Å². The number of hydrogen-bond acceptors (Lipinski definition) is 7. The van der Waals surface area contributed by atoms with Crippen molar-refractivity contribution in [2.75, 3.05) is 26.4 Å². The molecule has 0 saturated carbocycles. The van der Waals surface area contributed by atoms with Crippen molar-refractivity contribution < 1.29 is 28.6 Å². The molecule has 0 aliphatic carbocycles. The van der Waals surface area contributed by atoms with Gasteiger partial charge in [0.15, 0.2) is 17.6 Å². The summed E-state index contributed by atoms with van der Waals surface area (Å²) in [5.41, 5.74) is 0. The zero-order chi connectivity index (χ0) is 20.4. The predicted molar refractivity (Wildman–Crippen MR) is 100 cm³/mol. The third kappa shape index (κ3) is 4.07. The minimum Gasteiger partial charge on any atom is -0.481 e. The summed E-state index contributed by atoms with van der Waals surface area (Å²) < 4.78 is 16.2. The molecule has 29 heavy (non-hydrogen) atoms. The summed E-state index contributed by atoms with van der Waals surface area (Å²) in [4.78, 5) is 38.2. The van der Waals surface area contributed by atoms with E-state index in [0.717, 1.165) is 24.3 Å². The van der Waals surface area contributed by atoms with E-state index < -0.39 is 12.1 Å². The number of fused-ring (bicyclic) bond motifs is 2. The lowest BCUT2D eigenvalue weighted by atomic mass is 9.93. The van der Waals surface area contributed by atoms with E-state index in [0.29, 0.717) is 17.2 Å². The average molecular weight is 404 g/mol. The van der Waals surface area contributed by atoms with Gasteiger partial charge in [-0.3, -0.25) is 19.8 Å². The van der Waals surface area contributed by atoms with Crippen molar-refractivity contribution in [3.8, 4) is 17.2 Å². The van der Waals surface area contributed by atoms with Gasteiger partial charge >= 0.3 is 6.03 Å². The fraction of sp³-hybridized carbons (Fsp3) is 0.526. The van der Waals surface area contributed by atoms with Crippen molar-refractivity contribution in [2.45, 2.75) is 32.0 Å². The molecule has 0 bridgehead atoms. The summed E-state index contributed by atoms with van der Waals surface area (Å²) in [6, 6.07) is 4.64.